The predicted octanol–water partition coefficient (Wildman–Crippen LogP) is 2.79. The highest BCUT2D eigenvalue weighted by Crippen LogP contribution is 2.26. The number of nitrogens with zero attached hydrogens (tertiary/aromatic N) is 3. The third-order valence-electron chi connectivity index (χ3n) is 4.97. The molecule has 3 aromatic rings. The molecule has 1 aliphatic rings. The second-order valence-electron chi connectivity index (χ2n) is 6.69. The zero-order valence-electron chi connectivity index (χ0n) is 15.4. The lowest BCUT2D eigenvalue weighted by Gasteiger charge is -2.36. The number of rotatable bonds is 4. The Bertz CT molecular complexity index is 879. The standard InChI is InChI=1S/C22H21N3O3/c26-21(19-10-6-16-28-19)24-12-14-25(15-13-24)22(27)20(17-7-2-1-3-8-17)18-9-4-5-11-23-18/h1-11,16,20H,12-15H2. The van der Waals surface area contributed by atoms with Gasteiger partial charge in [0.25, 0.3) is 5.91 Å². The minimum atomic E-state index is -0.449. The summed E-state index contributed by atoms with van der Waals surface area (Å²) in [6.45, 7) is 1.94. The number of carbonyl (C=O) groups excluding carboxylic acids is 2. The average molecular weight is 375 g/mol. The van der Waals surface area contributed by atoms with Crippen LogP contribution in [0, 0.1) is 0 Å². The number of amides is 2. The Morgan fingerprint density at radius 3 is 2.21 bits per heavy atom. The zero-order chi connectivity index (χ0) is 19.3. The Balaban J connectivity index is 1.50. The van der Waals surface area contributed by atoms with Crippen LogP contribution in [-0.4, -0.2) is 52.8 Å². The summed E-state index contributed by atoms with van der Waals surface area (Å²) in [6, 6.07) is 18.7. The van der Waals surface area contributed by atoms with Crippen molar-refractivity contribution < 1.29 is 14.0 Å². The monoisotopic (exact) mass is 375 g/mol. The molecule has 1 unspecified atom stereocenters. The average Bonchev–Trinajstić information content (AvgIpc) is 3.30. The highest BCUT2D eigenvalue weighted by molar-refractivity contribution is 5.92. The minimum absolute atomic E-state index is 0.00926. The first-order chi connectivity index (χ1) is 13.7. The highest BCUT2D eigenvalue weighted by atomic mass is 16.3. The SMILES string of the molecule is O=C(c1ccco1)N1CCN(C(=O)C(c2ccccc2)c2ccccn2)CC1. The second kappa shape index (κ2) is 8.08. The molecule has 0 radical (unpaired) electrons. The molecule has 1 saturated heterocycles. The minimum Gasteiger partial charge on any atom is -0.459 e. The lowest BCUT2D eigenvalue weighted by Crippen LogP contribution is -2.51. The zero-order valence-corrected chi connectivity index (χ0v) is 15.4. The Morgan fingerprint density at radius 2 is 1.57 bits per heavy atom. The highest BCUT2D eigenvalue weighted by Gasteiger charge is 2.32. The smallest absolute Gasteiger partial charge is 0.289 e. The Hall–Kier alpha value is -3.41. The van der Waals surface area contributed by atoms with Gasteiger partial charge in [-0.3, -0.25) is 14.6 Å². The van der Waals surface area contributed by atoms with Crippen LogP contribution in [0.3, 0.4) is 0 Å². The van der Waals surface area contributed by atoms with Gasteiger partial charge in [0, 0.05) is 32.4 Å². The first-order valence-electron chi connectivity index (χ1n) is 9.31. The van der Waals surface area contributed by atoms with Gasteiger partial charge in [0.15, 0.2) is 5.76 Å². The summed E-state index contributed by atoms with van der Waals surface area (Å²) in [7, 11) is 0. The van der Waals surface area contributed by atoms with Gasteiger partial charge in [-0.25, -0.2) is 0 Å². The number of furan rings is 1. The van der Waals surface area contributed by atoms with Crippen molar-refractivity contribution in [1.82, 2.24) is 14.8 Å². The molecular weight excluding hydrogens is 354 g/mol. The van der Waals surface area contributed by atoms with Crippen LogP contribution in [0.1, 0.15) is 27.7 Å². The molecule has 3 heterocycles. The van der Waals surface area contributed by atoms with Crippen LogP contribution in [0.15, 0.2) is 77.5 Å². The molecule has 0 bridgehead atoms. The first kappa shape index (κ1) is 18.0. The van der Waals surface area contributed by atoms with Crippen LogP contribution >= 0.6 is 0 Å². The van der Waals surface area contributed by atoms with Gasteiger partial charge in [-0.2, -0.15) is 0 Å². The molecule has 6 heteroatoms. The van der Waals surface area contributed by atoms with Gasteiger partial charge in [-0.15, -0.1) is 0 Å². The molecule has 28 heavy (non-hydrogen) atoms. The lowest BCUT2D eigenvalue weighted by molar-refractivity contribution is -0.133. The van der Waals surface area contributed by atoms with Gasteiger partial charge in [0.2, 0.25) is 5.91 Å². The maximum absolute atomic E-state index is 13.4. The number of hydrogen-bond acceptors (Lipinski definition) is 4. The van der Waals surface area contributed by atoms with E-state index in [0.29, 0.717) is 31.9 Å². The molecule has 2 aromatic heterocycles. The number of pyridine rings is 1. The lowest BCUT2D eigenvalue weighted by atomic mass is 9.93. The molecule has 0 spiro atoms. The molecular formula is C22H21N3O3. The van der Waals surface area contributed by atoms with Crippen molar-refractivity contribution in [3.05, 3.63) is 90.1 Å². The van der Waals surface area contributed by atoms with Crippen LogP contribution in [0.5, 0.6) is 0 Å². The van der Waals surface area contributed by atoms with E-state index in [2.05, 4.69) is 4.98 Å². The van der Waals surface area contributed by atoms with Crippen LogP contribution in [0.25, 0.3) is 0 Å². The summed E-state index contributed by atoms with van der Waals surface area (Å²) in [5.41, 5.74) is 1.65. The normalized spacial score (nSPS) is 15.3. The first-order valence-corrected chi connectivity index (χ1v) is 9.31. The molecule has 0 aliphatic carbocycles. The van der Waals surface area contributed by atoms with Gasteiger partial charge in [-0.1, -0.05) is 36.4 Å². The summed E-state index contributed by atoms with van der Waals surface area (Å²) in [6.07, 6.45) is 3.20. The van der Waals surface area contributed by atoms with Crippen molar-refractivity contribution in [3.8, 4) is 0 Å². The van der Waals surface area contributed by atoms with E-state index < -0.39 is 5.92 Å². The van der Waals surface area contributed by atoms with Crippen LogP contribution in [-0.2, 0) is 4.79 Å². The van der Waals surface area contributed by atoms with E-state index in [1.807, 2.05) is 53.4 Å². The maximum atomic E-state index is 13.4. The summed E-state index contributed by atoms with van der Waals surface area (Å²) >= 11 is 0. The van der Waals surface area contributed by atoms with E-state index in [4.69, 9.17) is 4.42 Å². The van der Waals surface area contributed by atoms with Gasteiger partial charge < -0.3 is 14.2 Å². The van der Waals surface area contributed by atoms with Crippen LogP contribution < -0.4 is 0 Å². The number of aromatic nitrogens is 1. The largest absolute Gasteiger partial charge is 0.459 e. The fourth-order valence-corrected chi connectivity index (χ4v) is 3.50. The van der Waals surface area contributed by atoms with E-state index >= 15 is 0 Å². The summed E-state index contributed by atoms with van der Waals surface area (Å²) in [5.74, 6) is -0.249. The van der Waals surface area contributed by atoms with E-state index in [-0.39, 0.29) is 11.8 Å². The fourth-order valence-electron chi connectivity index (χ4n) is 3.50. The van der Waals surface area contributed by atoms with E-state index in [0.717, 1.165) is 11.3 Å². The fraction of sp³-hybridized carbons (Fsp3) is 0.227. The molecule has 6 nitrogen and oxygen atoms in total. The van der Waals surface area contributed by atoms with Gasteiger partial charge >= 0.3 is 0 Å². The summed E-state index contributed by atoms with van der Waals surface area (Å²) in [5, 5.41) is 0. The third-order valence-corrected chi connectivity index (χ3v) is 4.97. The van der Waals surface area contributed by atoms with E-state index in [9.17, 15) is 9.59 Å². The number of carbonyl (C=O) groups is 2. The Labute approximate surface area is 163 Å². The number of benzene rings is 1. The van der Waals surface area contributed by atoms with E-state index in [1.165, 1.54) is 6.26 Å². The molecule has 142 valence electrons. The van der Waals surface area contributed by atoms with Crippen LogP contribution in [0.2, 0.25) is 0 Å². The number of piperazine rings is 1. The van der Waals surface area contributed by atoms with Crippen molar-refractivity contribution in [3.63, 3.8) is 0 Å². The van der Waals surface area contributed by atoms with Crippen molar-refractivity contribution in [2.75, 3.05) is 26.2 Å². The quantitative estimate of drug-likeness (QED) is 0.703. The van der Waals surface area contributed by atoms with Gasteiger partial charge in [-0.05, 0) is 29.8 Å². The topological polar surface area (TPSA) is 66.7 Å². The van der Waals surface area contributed by atoms with Crippen molar-refractivity contribution in [2.24, 2.45) is 0 Å². The van der Waals surface area contributed by atoms with Gasteiger partial charge in [0.1, 0.15) is 5.92 Å². The molecule has 1 aliphatic heterocycles. The Morgan fingerprint density at radius 1 is 0.857 bits per heavy atom. The third kappa shape index (κ3) is 3.67. The van der Waals surface area contributed by atoms with Crippen molar-refractivity contribution in [2.45, 2.75) is 5.92 Å². The van der Waals surface area contributed by atoms with Crippen molar-refractivity contribution in [1.29, 1.82) is 0 Å². The molecule has 4 rings (SSSR count). The molecule has 0 saturated carbocycles. The maximum Gasteiger partial charge on any atom is 0.289 e. The summed E-state index contributed by atoms with van der Waals surface area (Å²) < 4.78 is 5.20. The van der Waals surface area contributed by atoms with Crippen LogP contribution in [0.4, 0.5) is 0 Å². The van der Waals surface area contributed by atoms with E-state index in [1.54, 1.807) is 23.2 Å². The number of hydrogen-bond donors (Lipinski definition) is 0. The Kier molecular flexibility index (Phi) is 5.19. The second-order valence-corrected chi connectivity index (χ2v) is 6.69. The molecule has 1 fully saturated rings. The molecule has 0 N–H and O–H groups in total. The predicted molar refractivity (Wildman–Crippen MR) is 104 cm³/mol. The molecule has 2 amide bonds. The summed E-state index contributed by atoms with van der Waals surface area (Å²) in [4.78, 5) is 33.8. The molecule has 1 aromatic carbocycles. The van der Waals surface area contributed by atoms with Gasteiger partial charge in [0.05, 0.1) is 12.0 Å². The van der Waals surface area contributed by atoms with Crippen molar-refractivity contribution >= 4 is 11.8 Å². The molecule has 1 atom stereocenters.